The fraction of sp³-hybridized carbons (Fsp3) is 0.286. The Morgan fingerprint density at radius 1 is 1.28 bits per heavy atom. The smallest absolute Gasteiger partial charge is 0.307 e. The number of likely N-dealkylation sites (N-methyl/N-ethyl adjacent to an activating group) is 1. The molecule has 0 spiro atoms. The molecular formula is C14H14F4N6O. The van der Waals surface area contributed by atoms with Crippen LogP contribution in [0.3, 0.4) is 0 Å². The first-order valence-electron chi connectivity index (χ1n) is 6.94. The van der Waals surface area contributed by atoms with E-state index >= 15 is 0 Å². The summed E-state index contributed by atoms with van der Waals surface area (Å²) in [5.74, 6) is -1.57. The molecule has 0 aromatic carbocycles. The zero-order valence-electron chi connectivity index (χ0n) is 13.3. The van der Waals surface area contributed by atoms with Gasteiger partial charge < -0.3 is 10.2 Å². The van der Waals surface area contributed by atoms with Crippen LogP contribution in [0.15, 0.2) is 30.7 Å². The van der Waals surface area contributed by atoms with Gasteiger partial charge in [-0.25, -0.2) is 15.0 Å². The lowest BCUT2D eigenvalue weighted by molar-refractivity contribution is -0.157. The Hall–Kier alpha value is -2.82. The fourth-order valence-electron chi connectivity index (χ4n) is 1.83. The molecule has 1 N–H and O–H groups in total. The van der Waals surface area contributed by atoms with Gasteiger partial charge in [0.15, 0.2) is 5.82 Å². The number of amides is 1. The summed E-state index contributed by atoms with van der Waals surface area (Å²) in [5, 5.41) is 0.717. The van der Waals surface area contributed by atoms with Crippen molar-refractivity contribution in [3.63, 3.8) is 0 Å². The number of nitrogens with one attached hydrogen (secondary N) is 1. The van der Waals surface area contributed by atoms with Gasteiger partial charge >= 0.3 is 6.30 Å². The molecule has 0 radical (unpaired) electrons. The Morgan fingerprint density at radius 2 is 2.00 bits per heavy atom. The van der Waals surface area contributed by atoms with E-state index in [2.05, 4.69) is 20.3 Å². The molecule has 0 aliphatic heterocycles. The molecule has 2 aromatic rings. The Bertz CT molecular complexity index is 792. The van der Waals surface area contributed by atoms with Gasteiger partial charge in [-0.15, -0.1) is 13.2 Å². The zero-order valence-corrected chi connectivity index (χ0v) is 13.3. The third-order valence-electron chi connectivity index (χ3n) is 2.90. The Kier molecular flexibility index (Phi) is 5.47. The first-order chi connectivity index (χ1) is 11.7. The van der Waals surface area contributed by atoms with E-state index in [-0.39, 0.29) is 16.7 Å². The Labute approximate surface area is 139 Å². The molecular weight excluding hydrogens is 344 g/mol. The number of fused-ring (bicyclic) bond motifs is 1. The number of pyridine rings is 1. The van der Waals surface area contributed by atoms with Crippen LogP contribution in [0.5, 0.6) is 0 Å². The van der Waals surface area contributed by atoms with Crippen molar-refractivity contribution < 1.29 is 22.4 Å². The molecule has 2 heterocycles. The van der Waals surface area contributed by atoms with Crippen LogP contribution in [0.25, 0.3) is 10.9 Å². The van der Waals surface area contributed by atoms with E-state index in [4.69, 9.17) is 0 Å². The van der Waals surface area contributed by atoms with E-state index < -0.39 is 23.1 Å². The number of hydrogen-bond donors (Lipinski definition) is 1. The van der Waals surface area contributed by atoms with Crippen molar-refractivity contribution in [2.75, 3.05) is 31.1 Å². The molecule has 1 amide bonds. The minimum atomic E-state index is -5.26. The lowest BCUT2D eigenvalue weighted by Crippen LogP contribution is -2.31. The molecule has 0 atom stereocenters. The molecule has 11 heteroatoms. The molecule has 0 aliphatic rings. The van der Waals surface area contributed by atoms with Gasteiger partial charge in [-0.05, 0) is 20.2 Å². The largest absolute Gasteiger partial charge is 0.514 e. The maximum absolute atomic E-state index is 13.5. The summed E-state index contributed by atoms with van der Waals surface area (Å²) in [6, 6.07) is 1.07. The van der Waals surface area contributed by atoms with Crippen LogP contribution in [0.4, 0.5) is 29.3 Å². The zero-order chi connectivity index (χ0) is 18.6. The SMILES string of the molecule is CN(C)C/C=C/C(=O)Nc1cc2c(N(F)C(F)(F)F)ncnc2cn1. The van der Waals surface area contributed by atoms with Gasteiger partial charge in [-0.3, -0.25) is 4.79 Å². The maximum atomic E-state index is 13.5. The standard InChI is InChI=1S/C14H14F4N6O/c1-23(2)5-3-4-12(25)22-11-6-9-10(7-19-11)20-8-21-13(9)24(18)14(15,16)17/h3-4,6-8H,5H2,1-2H3,(H,19,22,25)/b4-3+. The van der Waals surface area contributed by atoms with Gasteiger partial charge in [0.05, 0.1) is 17.1 Å². The average Bonchev–Trinajstić information content (AvgIpc) is 2.52. The highest BCUT2D eigenvalue weighted by atomic mass is 19.4. The summed E-state index contributed by atoms with van der Waals surface area (Å²) in [7, 11) is 3.63. The molecule has 7 nitrogen and oxygen atoms in total. The van der Waals surface area contributed by atoms with Crippen LogP contribution in [0.2, 0.25) is 0 Å². The summed E-state index contributed by atoms with van der Waals surface area (Å²) in [5.41, 5.74) is -0.00181. The van der Waals surface area contributed by atoms with Crippen molar-refractivity contribution in [3.8, 4) is 0 Å². The van der Waals surface area contributed by atoms with Crippen molar-refractivity contribution in [1.82, 2.24) is 19.9 Å². The number of carbonyl (C=O) groups is 1. The molecule has 2 rings (SSSR count). The molecule has 0 saturated carbocycles. The minimum absolute atomic E-state index is 0.00181. The number of aromatic nitrogens is 3. The van der Waals surface area contributed by atoms with Crippen LogP contribution < -0.4 is 10.4 Å². The molecule has 25 heavy (non-hydrogen) atoms. The first kappa shape index (κ1) is 18.5. The van der Waals surface area contributed by atoms with Crippen LogP contribution in [0, 0.1) is 0 Å². The molecule has 0 bridgehead atoms. The number of rotatable bonds is 5. The number of halogens is 4. The number of nitrogens with zero attached hydrogens (tertiary/aromatic N) is 5. The second-order valence-electron chi connectivity index (χ2n) is 5.19. The quantitative estimate of drug-likeness (QED) is 0.383. The van der Waals surface area contributed by atoms with Crippen molar-refractivity contribution in [3.05, 3.63) is 30.7 Å². The van der Waals surface area contributed by atoms with E-state index in [1.165, 1.54) is 6.08 Å². The summed E-state index contributed by atoms with van der Waals surface area (Å²) >= 11 is 0. The lowest BCUT2D eigenvalue weighted by atomic mass is 10.2. The molecule has 0 aliphatic carbocycles. The first-order valence-corrected chi connectivity index (χ1v) is 6.94. The van der Waals surface area contributed by atoms with E-state index in [1.807, 2.05) is 19.0 Å². The molecule has 0 fully saturated rings. The highest BCUT2D eigenvalue weighted by Gasteiger charge is 2.40. The van der Waals surface area contributed by atoms with E-state index in [0.29, 0.717) is 6.54 Å². The number of hydrogen-bond acceptors (Lipinski definition) is 6. The van der Waals surface area contributed by atoms with Gasteiger partial charge in [0.25, 0.3) is 0 Å². The maximum Gasteiger partial charge on any atom is 0.514 e. The summed E-state index contributed by atoms with van der Waals surface area (Å²) < 4.78 is 51.2. The Morgan fingerprint density at radius 3 is 2.64 bits per heavy atom. The molecule has 0 saturated heterocycles. The molecule has 0 unspecified atom stereocenters. The number of carbonyl (C=O) groups excluding carboxylic acids is 1. The van der Waals surface area contributed by atoms with Crippen LogP contribution >= 0.6 is 0 Å². The predicted molar refractivity (Wildman–Crippen MR) is 83.3 cm³/mol. The van der Waals surface area contributed by atoms with Gasteiger partial charge in [0.1, 0.15) is 12.1 Å². The lowest BCUT2D eigenvalue weighted by Gasteiger charge is -2.16. The minimum Gasteiger partial charge on any atom is -0.307 e. The van der Waals surface area contributed by atoms with E-state index in [0.717, 1.165) is 18.6 Å². The highest BCUT2D eigenvalue weighted by molar-refractivity contribution is 6.00. The third-order valence-corrected chi connectivity index (χ3v) is 2.90. The van der Waals surface area contributed by atoms with Crippen molar-refractivity contribution in [2.24, 2.45) is 0 Å². The van der Waals surface area contributed by atoms with Gasteiger partial charge in [-0.1, -0.05) is 15.7 Å². The number of alkyl halides is 3. The molecule has 134 valence electrons. The Balaban J connectivity index is 2.29. The van der Waals surface area contributed by atoms with Gasteiger partial charge in [-0.2, -0.15) is 0 Å². The highest BCUT2D eigenvalue weighted by Crippen LogP contribution is 2.32. The average molecular weight is 358 g/mol. The second kappa shape index (κ2) is 7.38. The van der Waals surface area contributed by atoms with Crippen molar-refractivity contribution >= 4 is 28.4 Å². The summed E-state index contributed by atoms with van der Waals surface area (Å²) in [6.07, 6.45) is -0.504. The second-order valence-corrected chi connectivity index (χ2v) is 5.19. The summed E-state index contributed by atoms with van der Waals surface area (Å²) in [4.78, 5) is 24.5. The van der Waals surface area contributed by atoms with Crippen LogP contribution in [-0.4, -0.2) is 52.7 Å². The topological polar surface area (TPSA) is 74.2 Å². The third kappa shape index (κ3) is 4.83. The monoisotopic (exact) mass is 358 g/mol. The fourth-order valence-corrected chi connectivity index (χ4v) is 1.83. The summed E-state index contributed by atoms with van der Waals surface area (Å²) in [6.45, 7) is 0.527. The predicted octanol–water partition coefficient (Wildman–Crippen LogP) is 2.29. The van der Waals surface area contributed by atoms with Gasteiger partial charge in [0, 0.05) is 12.6 Å². The normalized spacial score (nSPS) is 12.1. The number of anilines is 2. The van der Waals surface area contributed by atoms with Crippen molar-refractivity contribution in [1.29, 1.82) is 0 Å². The van der Waals surface area contributed by atoms with Crippen molar-refractivity contribution in [2.45, 2.75) is 6.30 Å². The van der Waals surface area contributed by atoms with Gasteiger partial charge in [0.2, 0.25) is 5.91 Å². The van der Waals surface area contributed by atoms with E-state index in [9.17, 15) is 22.4 Å². The van der Waals surface area contributed by atoms with Crippen LogP contribution in [0.1, 0.15) is 0 Å². The molecule has 2 aromatic heterocycles. The van der Waals surface area contributed by atoms with Crippen LogP contribution in [-0.2, 0) is 4.79 Å². The van der Waals surface area contributed by atoms with E-state index in [1.54, 1.807) is 6.08 Å².